The number of nitrogens with one attached hydrogen (secondary N) is 2. The molecule has 6 rings (SSSR count). The third kappa shape index (κ3) is 6.51. The van der Waals surface area contributed by atoms with E-state index in [9.17, 15) is 19.2 Å². The second-order valence-corrected chi connectivity index (χ2v) is 12.4. The zero-order chi connectivity index (χ0) is 33.2. The third-order valence-electron chi connectivity index (χ3n) is 9.54. The van der Waals surface area contributed by atoms with Crippen molar-refractivity contribution in [2.75, 3.05) is 27.7 Å². The van der Waals surface area contributed by atoms with Crippen molar-refractivity contribution in [2.45, 2.75) is 49.5 Å². The molecule has 242 valence electrons. The average molecular weight is 635 g/mol. The van der Waals surface area contributed by atoms with Gasteiger partial charge in [0.1, 0.15) is 11.4 Å². The predicted molar refractivity (Wildman–Crippen MR) is 174 cm³/mol. The van der Waals surface area contributed by atoms with Crippen LogP contribution in [0.4, 0.5) is 0 Å². The number of carbonyl (C=O) groups is 4. The molecule has 4 aromatic rings. The van der Waals surface area contributed by atoms with Gasteiger partial charge in [-0.25, -0.2) is 4.68 Å². The van der Waals surface area contributed by atoms with Crippen LogP contribution < -0.4 is 15.4 Å². The summed E-state index contributed by atoms with van der Waals surface area (Å²) in [5.74, 6) is 0.0881. The van der Waals surface area contributed by atoms with E-state index < -0.39 is 5.54 Å². The first kappa shape index (κ1) is 31.7. The van der Waals surface area contributed by atoms with Gasteiger partial charge in [-0.1, -0.05) is 41.6 Å². The third-order valence-corrected chi connectivity index (χ3v) is 9.54. The lowest BCUT2D eigenvalue weighted by Gasteiger charge is -2.29. The molecule has 0 radical (unpaired) electrons. The number of hydrogen-bond donors (Lipinski definition) is 2. The van der Waals surface area contributed by atoms with Crippen molar-refractivity contribution < 1.29 is 23.9 Å². The molecule has 0 spiro atoms. The molecule has 47 heavy (non-hydrogen) atoms. The molecule has 2 saturated carbocycles. The number of ether oxygens (including phenoxy) is 1. The van der Waals surface area contributed by atoms with Crippen LogP contribution in [0, 0.1) is 0 Å². The van der Waals surface area contributed by atoms with Gasteiger partial charge >= 0.3 is 0 Å². The predicted octanol–water partition coefficient (Wildman–Crippen LogP) is 3.75. The van der Waals surface area contributed by atoms with Crippen LogP contribution in [0.2, 0.25) is 0 Å². The number of carbonyl (C=O) groups excluding carboxylic acids is 4. The molecule has 2 fully saturated rings. The van der Waals surface area contributed by atoms with Crippen molar-refractivity contribution in [3.8, 4) is 11.4 Å². The van der Waals surface area contributed by atoms with Gasteiger partial charge < -0.3 is 20.3 Å². The van der Waals surface area contributed by atoms with Crippen LogP contribution in [-0.4, -0.2) is 71.1 Å². The summed E-state index contributed by atoms with van der Waals surface area (Å²) in [7, 11) is 5.00. The highest BCUT2D eigenvalue weighted by Gasteiger charge is 2.50. The minimum atomic E-state index is -0.438. The van der Waals surface area contributed by atoms with Gasteiger partial charge in [0.2, 0.25) is 11.8 Å². The topological polar surface area (TPSA) is 136 Å². The molecule has 3 aromatic carbocycles. The number of benzene rings is 3. The first-order valence-electron chi connectivity index (χ1n) is 15.7. The summed E-state index contributed by atoms with van der Waals surface area (Å²) >= 11 is 0. The first-order valence-corrected chi connectivity index (χ1v) is 15.7. The Morgan fingerprint density at radius 1 is 0.894 bits per heavy atom. The lowest BCUT2D eigenvalue weighted by Crippen LogP contribution is -2.43. The monoisotopic (exact) mass is 634 g/mol. The maximum absolute atomic E-state index is 13.2. The largest absolute Gasteiger partial charge is 0.497 e. The van der Waals surface area contributed by atoms with Gasteiger partial charge in [-0.2, -0.15) is 0 Å². The zero-order valence-electron chi connectivity index (χ0n) is 26.8. The molecule has 0 unspecified atom stereocenters. The second kappa shape index (κ2) is 12.8. The Morgan fingerprint density at radius 3 is 2.15 bits per heavy atom. The normalized spacial score (nSPS) is 15.3. The fourth-order valence-corrected chi connectivity index (χ4v) is 6.19. The van der Waals surface area contributed by atoms with Crippen molar-refractivity contribution in [3.63, 3.8) is 0 Å². The fraction of sp³-hybridized carbons (Fsp3) is 0.333. The molecule has 11 heteroatoms. The molecule has 0 saturated heterocycles. The molecule has 2 aliphatic rings. The van der Waals surface area contributed by atoms with Crippen molar-refractivity contribution in [1.82, 2.24) is 30.5 Å². The van der Waals surface area contributed by atoms with Gasteiger partial charge in [0.05, 0.1) is 31.1 Å². The number of ketones is 1. The van der Waals surface area contributed by atoms with Gasteiger partial charge in [0.25, 0.3) is 5.91 Å². The number of hydrogen-bond acceptors (Lipinski definition) is 7. The van der Waals surface area contributed by atoms with Crippen molar-refractivity contribution in [3.05, 3.63) is 107 Å². The summed E-state index contributed by atoms with van der Waals surface area (Å²) in [5.41, 5.74) is 3.86. The van der Waals surface area contributed by atoms with Crippen LogP contribution in [-0.2, 0) is 27.0 Å². The molecule has 2 aliphatic carbocycles. The molecule has 3 amide bonds. The number of Topliss-reactive ketones (excluding diaryl/α,β-unsaturated/α-hetero) is 1. The van der Waals surface area contributed by atoms with E-state index in [4.69, 9.17) is 4.74 Å². The van der Waals surface area contributed by atoms with E-state index in [-0.39, 0.29) is 41.9 Å². The molecular formula is C36H38N6O5. The minimum Gasteiger partial charge on any atom is -0.497 e. The Hall–Kier alpha value is -5.32. The van der Waals surface area contributed by atoms with Crippen molar-refractivity contribution in [2.24, 2.45) is 0 Å². The van der Waals surface area contributed by atoms with Gasteiger partial charge in [-0.05, 0) is 78.8 Å². The van der Waals surface area contributed by atoms with E-state index in [0.29, 0.717) is 29.1 Å². The number of methoxy groups -OCH3 is 1. The Kier molecular flexibility index (Phi) is 8.63. The lowest BCUT2D eigenvalue weighted by molar-refractivity contribution is -0.131. The quantitative estimate of drug-likeness (QED) is 0.214. The maximum Gasteiger partial charge on any atom is 0.251 e. The van der Waals surface area contributed by atoms with Crippen molar-refractivity contribution >= 4 is 23.5 Å². The van der Waals surface area contributed by atoms with Gasteiger partial charge in [0, 0.05) is 37.9 Å². The van der Waals surface area contributed by atoms with Crippen LogP contribution in [0.25, 0.3) is 5.69 Å². The number of nitrogens with zero attached hydrogens (tertiary/aromatic N) is 4. The fourth-order valence-electron chi connectivity index (χ4n) is 6.19. The second-order valence-electron chi connectivity index (χ2n) is 12.4. The molecule has 1 aromatic heterocycles. The number of rotatable bonds is 13. The summed E-state index contributed by atoms with van der Waals surface area (Å²) in [5, 5.41) is 13.5. The highest BCUT2D eigenvalue weighted by molar-refractivity contribution is 5.97. The summed E-state index contributed by atoms with van der Waals surface area (Å²) < 4.78 is 6.73. The summed E-state index contributed by atoms with van der Waals surface area (Å²) in [6.07, 6.45) is 5.60. The van der Waals surface area contributed by atoms with Crippen molar-refractivity contribution in [1.29, 1.82) is 0 Å². The van der Waals surface area contributed by atoms with E-state index >= 15 is 0 Å². The van der Waals surface area contributed by atoms with E-state index in [1.165, 1.54) is 10.9 Å². The Bertz CT molecular complexity index is 1790. The first-order chi connectivity index (χ1) is 22.7. The molecular weight excluding hydrogens is 596 g/mol. The van der Waals surface area contributed by atoms with E-state index in [0.717, 1.165) is 42.4 Å². The lowest BCUT2D eigenvalue weighted by atomic mass is 9.91. The van der Waals surface area contributed by atoms with Crippen LogP contribution in [0.1, 0.15) is 69.6 Å². The summed E-state index contributed by atoms with van der Waals surface area (Å²) in [6, 6.07) is 22.3. The van der Waals surface area contributed by atoms with Gasteiger partial charge in [0.15, 0.2) is 5.78 Å². The average Bonchev–Trinajstić information content (AvgIpc) is 4.03. The van der Waals surface area contributed by atoms with E-state index in [2.05, 4.69) is 20.9 Å². The molecule has 11 nitrogen and oxygen atoms in total. The van der Waals surface area contributed by atoms with Crippen LogP contribution in [0.15, 0.2) is 79.0 Å². The number of likely N-dealkylation sites (N-methyl/N-ethyl adjacent to an activating group) is 1. The highest BCUT2D eigenvalue weighted by atomic mass is 16.5. The van der Waals surface area contributed by atoms with Crippen LogP contribution >= 0.6 is 0 Å². The molecule has 0 atom stereocenters. The van der Waals surface area contributed by atoms with Crippen LogP contribution in [0.3, 0.4) is 0 Å². The minimum absolute atomic E-state index is 0.00896. The molecule has 1 heterocycles. The van der Waals surface area contributed by atoms with E-state index in [1.807, 2.05) is 48.5 Å². The molecule has 0 aliphatic heterocycles. The summed E-state index contributed by atoms with van der Waals surface area (Å²) in [4.78, 5) is 52.9. The number of aromatic nitrogens is 3. The van der Waals surface area contributed by atoms with Gasteiger partial charge in [-0.15, -0.1) is 5.10 Å². The Balaban J connectivity index is 1.04. The summed E-state index contributed by atoms with van der Waals surface area (Å²) in [6.45, 7) is -0.123. The standard InChI is InChI=1S/C36H38N6O5/c1-37-32(44)21-35(16-17-35)26-10-6-25(7-11-26)34(46)38-23-33(45)41(2)36(18-19-36)27-8-4-24(5-9-27)20-31(43)30-22-39-40-42(30)28-12-14-29(47-3)15-13-28/h4-15,22H,16-21,23H2,1-3H3,(H,37,44)(H,38,46). The molecule has 2 N–H and O–H groups in total. The van der Waals surface area contributed by atoms with Crippen LogP contribution in [0.5, 0.6) is 5.75 Å². The smallest absolute Gasteiger partial charge is 0.251 e. The zero-order valence-corrected chi connectivity index (χ0v) is 26.8. The Labute approximate surface area is 273 Å². The highest BCUT2D eigenvalue weighted by Crippen LogP contribution is 2.51. The Morgan fingerprint density at radius 2 is 1.55 bits per heavy atom. The van der Waals surface area contributed by atoms with E-state index in [1.54, 1.807) is 50.4 Å². The SMILES string of the molecule is CNC(=O)CC1(c2ccc(C(=O)NCC(=O)N(C)C3(c4ccc(CC(=O)c5cnnn5-c5ccc(OC)cc5)cc4)CC3)cc2)CC1. The maximum atomic E-state index is 13.2. The number of amides is 3. The van der Waals surface area contributed by atoms with Gasteiger partial charge in [-0.3, -0.25) is 19.2 Å². The molecule has 0 bridgehead atoms.